The maximum atomic E-state index is 9.16. The van der Waals surface area contributed by atoms with E-state index in [0.717, 1.165) is 6.08 Å². The molecule has 0 bridgehead atoms. The number of hydrogen-bond donors (Lipinski definition) is 2. The van der Waals surface area contributed by atoms with E-state index in [-0.39, 0.29) is 5.76 Å². The lowest BCUT2D eigenvalue weighted by Gasteiger charge is -2.22. The SMILES string of the molecule is OC1=CC(O)(Cl)C(Cl)C=C1. The summed E-state index contributed by atoms with van der Waals surface area (Å²) in [6.45, 7) is 0. The van der Waals surface area contributed by atoms with E-state index in [1.807, 2.05) is 0 Å². The molecular formula is C6H6Cl2O2. The van der Waals surface area contributed by atoms with Crippen LogP contribution in [0.15, 0.2) is 24.0 Å². The Morgan fingerprint density at radius 1 is 1.60 bits per heavy atom. The average Bonchev–Trinajstić information content (AvgIpc) is 1.78. The lowest BCUT2D eigenvalue weighted by molar-refractivity contribution is 0.179. The molecule has 10 heavy (non-hydrogen) atoms. The van der Waals surface area contributed by atoms with Gasteiger partial charge in [-0.15, -0.1) is 11.6 Å². The van der Waals surface area contributed by atoms with Crippen molar-refractivity contribution in [2.75, 3.05) is 0 Å². The first-order valence-corrected chi connectivity index (χ1v) is 3.49. The second-order valence-corrected chi connectivity index (χ2v) is 3.13. The summed E-state index contributed by atoms with van der Waals surface area (Å²) in [4.78, 5) is 0. The first-order chi connectivity index (χ1) is 4.52. The van der Waals surface area contributed by atoms with Gasteiger partial charge >= 0.3 is 0 Å². The topological polar surface area (TPSA) is 40.5 Å². The van der Waals surface area contributed by atoms with Crippen molar-refractivity contribution in [3.63, 3.8) is 0 Å². The number of aliphatic hydroxyl groups is 2. The molecule has 2 N–H and O–H groups in total. The highest BCUT2D eigenvalue weighted by Crippen LogP contribution is 2.28. The quantitative estimate of drug-likeness (QED) is 0.556. The fraction of sp³-hybridized carbons (Fsp3) is 0.333. The number of hydrogen-bond acceptors (Lipinski definition) is 2. The van der Waals surface area contributed by atoms with Crippen molar-refractivity contribution in [3.8, 4) is 0 Å². The van der Waals surface area contributed by atoms with Gasteiger partial charge in [-0.25, -0.2) is 0 Å². The van der Waals surface area contributed by atoms with Crippen molar-refractivity contribution in [1.82, 2.24) is 0 Å². The minimum absolute atomic E-state index is 0.0746. The third-order valence-corrected chi connectivity index (χ3v) is 2.11. The molecule has 1 rings (SSSR count). The van der Waals surface area contributed by atoms with Gasteiger partial charge in [0.2, 0.25) is 0 Å². The van der Waals surface area contributed by atoms with Crippen LogP contribution < -0.4 is 0 Å². The molecule has 2 unspecified atom stereocenters. The third kappa shape index (κ3) is 1.45. The summed E-state index contributed by atoms with van der Waals surface area (Å²) in [6.07, 6.45) is 3.89. The fourth-order valence-corrected chi connectivity index (χ4v) is 0.973. The Morgan fingerprint density at radius 3 is 2.60 bits per heavy atom. The van der Waals surface area contributed by atoms with Crippen LogP contribution in [-0.4, -0.2) is 20.7 Å². The Labute approximate surface area is 68.4 Å². The van der Waals surface area contributed by atoms with Crippen molar-refractivity contribution >= 4 is 23.2 Å². The van der Waals surface area contributed by atoms with E-state index in [0.29, 0.717) is 0 Å². The standard InChI is InChI=1S/C6H6Cl2O2/c7-5-2-1-4(9)3-6(5,8)10/h1-3,5,9-10H. The molecule has 0 spiro atoms. The summed E-state index contributed by atoms with van der Waals surface area (Å²) in [7, 11) is 0. The molecule has 0 heterocycles. The average molecular weight is 181 g/mol. The van der Waals surface area contributed by atoms with E-state index in [1.54, 1.807) is 0 Å². The predicted molar refractivity (Wildman–Crippen MR) is 40.3 cm³/mol. The second-order valence-electron chi connectivity index (χ2n) is 2.06. The minimum Gasteiger partial charge on any atom is -0.508 e. The molecule has 0 aliphatic heterocycles. The van der Waals surface area contributed by atoms with Gasteiger partial charge in [0.15, 0.2) is 5.06 Å². The predicted octanol–water partition coefficient (Wildman–Crippen LogP) is 1.53. The zero-order chi connectivity index (χ0) is 7.78. The molecule has 4 heteroatoms. The van der Waals surface area contributed by atoms with Gasteiger partial charge in [0, 0.05) is 6.08 Å². The Balaban J connectivity index is 2.88. The van der Waals surface area contributed by atoms with Crippen molar-refractivity contribution < 1.29 is 10.2 Å². The van der Waals surface area contributed by atoms with Crippen molar-refractivity contribution in [3.05, 3.63) is 24.0 Å². The first kappa shape index (κ1) is 7.92. The lowest BCUT2D eigenvalue weighted by atomic mass is 10.1. The van der Waals surface area contributed by atoms with Crippen LogP contribution in [-0.2, 0) is 0 Å². The van der Waals surface area contributed by atoms with Crippen LogP contribution in [0, 0.1) is 0 Å². The van der Waals surface area contributed by atoms with E-state index in [4.69, 9.17) is 33.4 Å². The van der Waals surface area contributed by atoms with Crippen LogP contribution in [0.4, 0.5) is 0 Å². The molecule has 56 valence electrons. The number of halogens is 2. The van der Waals surface area contributed by atoms with Crippen LogP contribution in [0.2, 0.25) is 0 Å². The van der Waals surface area contributed by atoms with Crippen molar-refractivity contribution in [2.45, 2.75) is 10.4 Å². The maximum Gasteiger partial charge on any atom is 0.181 e. The number of rotatable bonds is 0. The monoisotopic (exact) mass is 180 g/mol. The molecular weight excluding hydrogens is 175 g/mol. The van der Waals surface area contributed by atoms with Crippen LogP contribution in [0.1, 0.15) is 0 Å². The van der Waals surface area contributed by atoms with Crippen molar-refractivity contribution in [2.24, 2.45) is 0 Å². The van der Waals surface area contributed by atoms with Gasteiger partial charge in [-0.2, -0.15) is 0 Å². The maximum absolute atomic E-state index is 9.16. The summed E-state index contributed by atoms with van der Waals surface area (Å²) in [5.41, 5.74) is 0. The molecule has 0 fully saturated rings. The second kappa shape index (κ2) is 2.46. The van der Waals surface area contributed by atoms with Gasteiger partial charge in [-0.3, -0.25) is 0 Å². The molecule has 1 aliphatic carbocycles. The summed E-state index contributed by atoms with van der Waals surface area (Å²) in [5, 5.41) is 15.7. The normalized spacial score (nSPS) is 39.5. The minimum atomic E-state index is -1.65. The number of alkyl halides is 2. The van der Waals surface area contributed by atoms with Gasteiger partial charge in [0.1, 0.15) is 5.76 Å². The first-order valence-electron chi connectivity index (χ1n) is 2.68. The lowest BCUT2D eigenvalue weighted by Crippen LogP contribution is -2.31. The summed E-state index contributed by atoms with van der Waals surface area (Å²) in [5.74, 6) is -0.0746. The van der Waals surface area contributed by atoms with Gasteiger partial charge in [-0.1, -0.05) is 17.7 Å². The summed E-state index contributed by atoms with van der Waals surface area (Å²) >= 11 is 11.0. The van der Waals surface area contributed by atoms with E-state index in [2.05, 4.69) is 0 Å². The molecule has 2 nitrogen and oxygen atoms in total. The molecule has 0 amide bonds. The van der Waals surface area contributed by atoms with E-state index < -0.39 is 10.4 Å². The third-order valence-electron chi connectivity index (χ3n) is 1.17. The van der Waals surface area contributed by atoms with Crippen LogP contribution in [0.3, 0.4) is 0 Å². The van der Waals surface area contributed by atoms with Crippen LogP contribution in [0.25, 0.3) is 0 Å². The zero-order valence-corrected chi connectivity index (χ0v) is 6.47. The highest BCUT2D eigenvalue weighted by Gasteiger charge is 2.31. The van der Waals surface area contributed by atoms with E-state index in [9.17, 15) is 0 Å². The molecule has 0 saturated heterocycles. The Kier molecular flexibility index (Phi) is 1.95. The largest absolute Gasteiger partial charge is 0.508 e. The highest BCUT2D eigenvalue weighted by molar-refractivity contribution is 6.33. The van der Waals surface area contributed by atoms with Gasteiger partial charge in [0.05, 0.1) is 5.38 Å². The smallest absolute Gasteiger partial charge is 0.181 e. The van der Waals surface area contributed by atoms with Crippen LogP contribution >= 0.6 is 23.2 Å². The summed E-state index contributed by atoms with van der Waals surface area (Å²) in [6, 6.07) is 0. The molecule has 0 radical (unpaired) electrons. The molecule has 1 aliphatic rings. The highest BCUT2D eigenvalue weighted by atomic mass is 35.5. The van der Waals surface area contributed by atoms with E-state index in [1.165, 1.54) is 12.2 Å². The molecule has 0 aromatic heterocycles. The van der Waals surface area contributed by atoms with Gasteiger partial charge < -0.3 is 10.2 Å². The number of allylic oxidation sites excluding steroid dienone is 1. The zero-order valence-electron chi connectivity index (χ0n) is 4.96. The Morgan fingerprint density at radius 2 is 2.20 bits per heavy atom. The molecule has 0 aromatic rings. The van der Waals surface area contributed by atoms with E-state index >= 15 is 0 Å². The molecule has 0 aromatic carbocycles. The van der Waals surface area contributed by atoms with Gasteiger partial charge in [0.25, 0.3) is 0 Å². The Bertz CT molecular complexity index is 196. The Hall–Kier alpha value is -0.180. The summed E-state index contributed by atoms with van der Waals surface area (Å²) < 4.78 is 0. The van der Waals surface area contributed by atoms with Crippen LogP contribution in [0.5, 0.6) is 0 Å². The molecule has 0 saturated carbocycles. The fourth-order valence-electron chi connectivity index (χ4n) is 0.653. The molecule has 2 atom stereocenters. The van der Waals surface area contributed by atoms with Gasteiger partial charge in [-0.05, 0) is 6.08 Å². The van der Waals surface area contributed by atoms with Crippen molar-refractivity contribution in [1.29, 1.82) is 0 Å². The number of aliphatic hydroxyl groups excluding tert-OH is 1.